The largest absolute Gasteiger partial charge is 0.493 e. The maximum absolute atomic E-state index is 11.3. The second-order valence-electron chi connectivity index (χ2n) is 8.37. The lowest BCUT2D eigenvalue weighted by Gasteiger charge is -2.26. The van der Waals surface area contributed by atoms with Crippen LogP contribution in [0.25, 0.3) is 0 Å². The van der Waals surface area contributed by atoms with Crippen molar-refractivity contribution in [1.29, 1.82) is 0 Å². The minimum Gasteiger partial charge on any atom is -0.493 e. The summed E-state index contributed by atoms with van der Waals surface area (Å²) in [7, 11) is 0. The van der Waals surface area contributed by atoms with Gasteiger partial charge in [0.1, 0.15) is 11.5 Å². The first-order chi connectivity index (χ1) is 17.0. The molecule has 0 fully saturated rings. The number of rotatable bonds is 9. The van der Waals surface area contributed by atoms with E-state index in [-0.39, 0.29) is 0 Å². The molecule has 4 aromatic rings. The number of aryl methyl sites for hydroxylation is 2. The van der Waals surface area contributed by atoms with E-state index >= 15 is 0 Å². The average molecular weight is 464 g/mol. The molecule has 0 aliphatic heterocycles. The van der Waals surface area contributed by atoms with Gasteiger partial charge in [0, 0.05) is 29.6 Å². The summed E-state index contributed by atoms with van der Waals surface area (Å²) >= 11 is 0. The number of hydrogen-bond donors (Lipinski definition) is 0. The summed E-state index contributed by atoms with van der Waals surface area (Å²) in [5, 5.41) is 0. The third-order valence-corrected chi connectivity index (χ3v) is 5.65. The van der Waals surface area contributed by atoms with Crippen LogP contribution in [0, 0.1) is 13.8 Å². The topological polar surface area (TPSA) is 38.8 Å². The quantitative estimate of drug-likeness (QED) is 0.146. The molecule has 0 N–H and O–H groups in total. The van der Waals surface area contributed by atoms with Crippen LogP contribution in [0.15, 0.2) is 110 Å². The zero-order chi connectivity index (χ0) is 24.6. The van der Waals surface area contributed by atoms with Crippen LogP contribution in [0.3, 0.4) is 0 Å². The molecule has 4 nitrogen and oxygen atoms in total. The Kier molecular flexibility index (Phi) is 7.63. The maximum Gasteiger partial charge on any atom is 0.335 e. The molecule has 4 rings (SSSR count). The Labute approximate surface area is 207 Å². The van der Waals surface area contributed by atoms with Crippen molar-refractivity contribution in [2.24, 2.45) is 0 Å². The predicted molar refractivity (Wildman–Crippen MR) is 142 cm³/mol. The molecule has 0 bridgehead atoms. The first-order valence-corrected chi connectivity index (χ1v) is 11.6. The van der Waals surface area contributed by atoms with E-state index in [1.165, 1.54) is 11.1 Å². The van der Waals surface area contributed by atoms with E-state index in [9.17, 15) is 4.79 Å². The van der Waals surface area contributed by atoms with Crippen molar-refractivity contribution >= 4 is 23.0 Å². The van der Waals surface area contributed by atoms with Gasteiger partial charge in [-0.1, -0.05) is 54.1 Å². The van der Waals surface area contributed by atoms with Crippen LogP contribution in [0.1, 0.15) is 16.7 Å². The lowest BCUT2D eigenvalue weighted by Crippen LogP contribution is -2.10. The fourth-order valence-electron chi connectivity index (χ4n) is 3.70. The zero-order valence-electron chi connectivity index (χ0n) is 20.1. The molecule has 4 heteroatoms. The minimum absolute atomic E-state index is 0.465. The van der Waals surface area contributed by atoms with Gasteiger partial charge in [-0.25, -0.2) is 4.79 Å². The average Bonchev–Trinajstić information content (AvgIpc) is 2.88. The summed E-state index contributed by atoms with van der Waals surface area (Å²) in [6.45, 7) is 8.14. The summed E-state index contributed by atoms with van der Waals surface area (Å²) in [6.07, 6.45) is 1.89. The van der Waals surface area contributed by atoms with Gasteiger partial charge in [-0.3, -0.25) is 0 Å². The van der Waals surface area contributed by atoms with Crippen LogP contribution in [0.4, 0.5) is 17.1 Å². The summed E-state index contributed by atoms with van der Waals surface area (Å²) in [4.78, 5) is 13.5. The van der Waals surface area contributed by atoms with Crippen LogP contribution in [-0.2, 0) is 11.2 Å². The number of hydrogen-bond acceptors (Lipinski definition) is 4. The molecule has 4 aromatic carbocycles. The first kappa shape index (κ1) is 23.8. The second kappa shape index (κ2) is 11.2. The Balaban J connectivity index is 1.42. The molecular formula is C31H29NO3. The molecule has 0 aliphatic rings. The number of esters is 1. The number of benzene rings is 4. The first-order valence-electron chi connectivity index (χ1n) is 11.6. The van der Waals surface area contributed by atoms with Crippen LogP contribution in [0.2, 0.25) is 0 Å². The summed E-state index contributed by atoms with van der Waals surface area (Å²) in [6, 6.07) is 32.7. The van der Waals surface area contributed by atoms with Crippen molar-refractivity contribution in [3.05, 3.63) is 126 Å². The van der Waals surface area contributed by atoms with E-state index in [1.807, 2.05) is 24.3 Å². The van der Waals surface area contributed by atoms with E-state index < -0.39 is 5.97 Å². The molecule has 0 saturated heterocycles. The molecule has 0 unspecified atom stereocenters. The van der Waals surface area contributed by atoms with Crippen LogP contribution < -0.4 is 14.4 Å². The minimum atomic E-state index is -0.465. The fraction of sp³-hybridized carbons (Fsp3) is 0.129. The van der Waals surface area contributed by atoms with Crippen molar-refractivity contribution in [2.45, 2.75) is 20.3 Å². The molecular weight excluding hydrogens is 434 g/mol. The van der Waals surface area contributed by atoms with Crippen molar-refractivity contribution in [3.63, 3.8) is 0 Å². The standard InChI is InChI=1S/C31H29NO3/c1-4-31(33)35-30-17-9-25(10-18-30)21-22-34-29-19-15-28(16-20-29)32(26-11-5-23(2)6-12-26)27-13-7-24(3)8-14-27/h4-20H,1,21-22H2,2-3H3. The zero-order valence-corrected chi connectivity index (χ0v) is 20.1. The van der Waals surface area contributed by atoms with Crippen LogP contribution in [-0.4, -0.2) is 12.6 Å². The monoisotopic (exact) mass is 463 g/mol. The SMILES string of the molecule is C=CC(=O)Oc1ccc(CCOc2ccc(N(c3ccc(C)cc3)c3ccc(C)cc3)cc2)cc1. The van der Waals surface area contributed by atoms with Crippen molar-refractivity contribution < 1.29 is 14.3 Å². The number of ether oxygens (including phenoxy) is 2. The maximum atomic E-state index is 11.3. The van der Waals surface area contributed by atoms with Crippen molar-refractivity contribution in [2.75, 3.05) is 11.5 Å². The highest BCUT2D eigenvalue weighted by Crippen LogP contribution is 2.35. The Morgan fingerprint density at radius 3 is 1.66 bits per heavy atom. The molecule has 0 amide bonds. The molecule has 0 saturated carbocycles. The predicted octanol–water partition coefficient (Wildman–Crippen LogP) is 7.49. The van der Waals surface area contributed by atoms with Crippen LogP contribution in [0.5, 0.6) is 11.5 Å². The molecule has 0 aliphatic carbocycles. The summed E-state index contributed by atoms with van der Waals surface area (Å²) in [5.41, 5.74) is 6.84. The van der Waals surface area contributed by atoms with E-state index in [2.05, 4.69) is 86.0 Å². The number of carbonyl (C=O) groups excluding carboxylic acids is 1. The van der Waals surface area contributed by atoms with Gasteiger partial charge in [0.25, 0.3) is 0 Å². The highest BCUT2D eigenvalue weighted by atomic mass is 16.5. The number of anilines is 3. The second-order valence-corrected chi connectivity index (χ2v) is 8.37. The molecule has 176 valence electrons. The lowest BCUT2D eigenvalue weighted by atomic mass is 10.1. The van der Waals surface area contributed by atoms with Gasteiger partial charge in [-0.05, 0) is 80.1 Å². The lowest BCUT2D eigenvalue weighted by molar-refractivity contribution is -0.128. The Hall–Kier alpha value is -4.31. The normalized spacial score (nSPS) is 10.5. The van der Waals surface area contributed by atoms with E-state index in [4.69, 9.17) is 9.47 Å². The Morgan fingerprint density at radius 1 is 0.714 bits per heavy atom. The third-order valence-electron chi connectivity index (χ3n) is 5.65. The van der Waals surface area contributed by atoms with E-state index in [1.54, 1.807) is 12.1 Å². The van der Waals surface area contributed by atoms with Gasteiger partial charge in [0.15, 0.2) is 0 Å². The third kappa shape index (κ3) is 6.39. The van der Waals surface area contributed by atoms with Gasteiger partial charge < -0.3 is 14.4 Å². The molecule has 0 heterocycles. The fourth-order valence-corrected chi connectivity index (χ4v) is 3.70. The highest BCUT2D eigenvalue weighted by Gasteiger charge is 2.12. The van der Waals surface area contributed by atoms with Crippen molar-refractivity contribution in [1.82, 2.24) is 0 Å². The van der Waals surface area contributed by atoms with Gasteiger partial charge in [-0.2, -0.15) is 0 Å². The van der Waals surface area contributed by atoms with Gasteiger partial charge >= 0.3 is 5.97 Å². The molecule has 0 atom stereocenters. The van der Waals surface area contributed by atoms with Crippen LogP contribution >= 0.6 is 0 Å². The van der Waals surface area contributed by atoms with Gasteiger partial charge in [0.05, 0.1) is 6.61 Å². The molecule has 35 heavy (non-hydrogen) atoms. The summed E-state index contributed by atoms with van der Waals surface area (Å²) in [5.74, 6) is 0.854. The van der Waals surface area contributed by atoms with Gasteiger partial charge in [0.2, 0.25) is 0 Å². The number of carbonyl (C=O) groups is 1. The van der Waals surface area contributed by atoms with E-state index in [0.717, 1.165) is 40.9 Å². The van der Waals surface area contributed by atoms with Gasteiger partial charge in [-0.15, -0.1) is 0 Å². The molecule has 0 aromatic heterocycles. The smallest absolute Gasteiger partial charge is 0.335 e. The highest BCUT2D eigenvalue weighted by molar-refractivity contribution is 5.83. The Morgan fingerprint density at radius 2 is 1.17 bits per heavy atom. The Bertz CT molecular complexity index is 1210. The molecule has 0 spiro atoms. The van der Waals surface area contributed by atoms with Crippen molar-refractivity contribution in [3.8, 4) is 11.5 Å². The van der Waals surface area contributed by atoms with E-state index in [0.29, 0.717) is 12.4 Å². The number of nitrogens with zero attached hydrogens (tertiary/aromatic N) is 1. The molecule has 0 radical (unpaired) electrons. The summed E-state index contributed by atoms with van der Waals surface area (Å²) < 4.78 is 11.1.